The summed E-state index contributed by atoms with van der Waals surface area (Å²) in [4.78, 5) is 4.56. The minimum Gasteiger partial charge on any atom is -0.339 e. The van der Waals surface area contributed by atoms with Crippen LogP contribution in [0.5, 0.6) is 0 Å². The van der Waals surface area contributed by atoms with Crippen LogP contribution in [0.2, 0.25) is 0 Å². The van der Waals surface area contributed by atoms with Crippen LogP contribution >= 0.6 is 0 Å². The van der Waals surface area contributed by atoms with Crippen LogP contribution in [0.25, 0.3) is 0 Å². The van der Waals surface area contributed by atoms with Gasteiger partial charge < -0.3 is 9.84 Å². The molecule has 0 amide bonds. The van der Waals surface area contributed by atoms with Gasteiger partial charge in [0.25, 0.3) is 0 Å². The summed E-state index contributed by atoms with van der Waals surface area (Å²) in [6.07, 6.45) is 0.741. The second-order valence-corrected chi connectivity index (χ2v) is 5.39. The maximum atomic E-state index is 5.43. The Morgan fingerprint density at radius 3 is 2.89 bits per heavy atom. The summed E-state index contributed by atoms with van der Waals surface area (Å²) in [5.74, 6) is 2.48. The minimum atomic E-state index is 0.359. The number of nitrogens with zero attached hydrogens (tertiary/aromatic N) is 2. The molecule has 100 valence electrons. The molecule has 0 saturated carbocycles. The third kappa shape index (κ3) is 2.54. The van der Waals surface area contributed by atoms with Crippen LogP contribution in [0.3, 0.4) is 0 Å². The quantitative estimate of drug-likeness (QED) is 0.916. The maximum absolute atomic E-state index is 5.43. The molecule has 2 atom stereocenters. The van der Waals surface area contributed by atoms with Crippen LogP contribution in [0.4, 0.5) is 0 Å². The minimum absolute atomic E-state index is 0.359. The first-order chi connectivity index (χ1) is 9.24. The van der Waals surface area contributed by atoms with E-state index in [-0.39, 0.29) is 0 Å². The van der Waals surface area contributed by atoms with Crippen molar-refractivity contribution in [1.29, 1.82) is 0 Å². The number of aromatic nitrogens is 2. The predicted octanol–water partition coefficient (Wildman–Crippen LogP) is 2.29. The molecule has 4 heteroatoms. The fourth-order valence-electron chi connectivity index (χ4n) is 2.61. The molecule has 2 aromatic rings. The van der Waals surface area contributed by atoms with Crippen molar-refractivity contribution in [2.24, 2.45) is 5.92 Å². The standard InChI is InChI=1S/C15H19N3O/c1-10-5-3-4-6-12(10)7-14-17-15(19-18-14)13-9-16-8-11(13)2/h3-6,11,13,16H,7-9H2,1-2H3. The van der Waals surface area contributed by atoms with E-state index in [1.54, 1.807) is 0 Å². The van der Waals surface area contributed by atoms with Crippen molar-refractivity contribution < 1.29 is 4.52 Å². The predicted molar refractivity (Wildman–Crippen MR) is 73.1 cm³/mol. The van der Waals surface area contributed by atoms with Crippen molar-refractivity contribution >= 4 is 0 Å². The third-order valence-electron chi connectivity index (χ3n) is 3.93. The van der Waals surface area contributed by atoms with Crippen LogP contribution in [0, 0.1) is 12.8 Å². The molecule has 1 saturated heterocycles. The van der Waals surface area contributed by atoms with Gasteiger partial charge in [0.05, 0.1) is 5.92 Å². The Kier molecular flexibility index (Phi) is 3.34. The van der Waals surface area contributed by atoms with E-state index in [4.69, 9.17) is 4.52 Å². The Bertz CT molecular complexity index is 564. The monoisotopic (exact) mass is 257 g/mol. The zero-order chi connectivity index (χ0) is 13.2. The largest absolute Gasteiger partial charge is 0.339 e. The summed E-state index contributed by atoms with van der Waals surface area (Å²) >= 11 is 0. The van der Waals surface area contributed by atoms with Crippen LogP contribution in [-0.4, -0.2) is 23.2 Å². The van der Waals surface area contributed by atoms with E-state index in [0.29, 0.717) is 11.8 Å². The average molecular weight is 257 g/mol. The summed E-state index contributed by atoms with van der Waals surface area (Å²) < 4.78 is 5.43. The molecule has 19 heavy (non-hydrogen) atoms. The van der Waals surface area contributed by atoms with Gasteiger partial charge in [-0.15, -0.1) is 0 Å². The Morgan fingerprint density at radius 1 is 1.32 bits per heavy atom. The summed E-state index contributed by atoms with van der Waals surface area (Å²) in [6, 6.07) is 8.32. The van der Waals surface area contributed by atoms with Crippen molar-refractivity contribution in [2.45, 2.75) is 26.2 Å². The van der Waals surface area contributed by atoms with E-state index in [0.717, 1.165) is 31.2 Å². The van der Waals surface area contributed by atoms with E-state index < -0.39 is 0 Å². The molecule has 1 fully saturated rings. The van der Waals surface area contributed by atoms with Crippen LogP contribution in [0.1, 0.15) is 35.7 Å². The summed E-state index contributed by atoms with van der Waals surface area (Å²) in [7, 11) is 0. The Hall–Kier alpha value is -1.68. The first kappa shape index (κ1) is 12.4. The highest BCUT2D eigenvalue weighted by molar-refractivity contribution is 5.28. The molecule has 0 bridgehead atoms. The topological polar surface area (TPSA) is 51.0 Å². The molecule has 2 heterocycles. The van der Waals surface area contributed by atoms with Crippen LogP contribution in [0.15, 0.2) is 28.8 Å². The molecule has 4 nitrogen and oxygen atoms in total. The second kappa shape index (κ2) is 5.13. The molecule has 2 unspecified atom stereocenters. The van der Waals surface area contributed by atoms with Crippen molar-refractivity contribution in [2.75, 3.05) is 13.1 Å². The SMILES string of the molecule is Cc1ccccc1Cc1noc(C2CNCC2C)n1. The number of hydrogen-bond acceptors (Lipinski definition) is 4. The van der Waals surface area contributed by atoms with Crippen molar-refractivity contribution in [1.82, 2.24) is 15.5 Å². The van der Waals surface area contributed by atoms with Gasteiger partial charge in [-0.1, -0.05) is 36.3 Å². The lowest BCUT2D eigenvalue weighted by atomic mass is 9.98. The first-order valence-electron chi connectivity index (χ1n) is 6.81. The molecular formula is C15H19N3O. The maximum Gasteiger partial charge on any atom is 0.231 e. The molecule has 1 aliphatic rings. The van der Waals surface area contributed by atoms with Gasteiger partial charge in [-0.05, 0) is 30.5 Å². The lowest BCUT2D eigenvalue weighted by molar-refractivity contribution is 0.337. The van der Waals surface area contributed by atoms with Gasteiger partial charge in [-0.3, -0.25) is 0 Å². The fourth-order valence-corrected chi connectivity index (χ4v) is 2.61. The number of hydrogen-bond donors (Lipinski definition) is 1. The van der Waals surface area contributed by atoms with Gasteiger partial charge >= 0.3 is 0 Å². The second-order valence-electron chi connectivity index (χ2n) is 5.39. The van der Waals surface area contributed by atoms with Crippen molar-refractivity contribution in [3.63, 3.8) is 0 Å². The molecule has 0 radical (unpaired) electrons. The Morgan fingerprint density at radius 2 is 2.16 bits per heavy atom. The summed E-state index contributed by atoms with van der Waals surface area (Å²) in [6.45, 7) is 6.29. The van der Waals surface area contributed by atoms with E-state index >= 15 is 0 Å². The molecule has 1 aliphatic heterocycles. The molecule has 0 aliphatic carbocycles. The number of nitrogens with one attached hydrogen (secondary N) is 1. The first-order valence-corrected chi connectivity index (χ1v) is 6.81. The van der Waals surface area contributed by atoms with Crippen molar-refractivity contribution in [3.05, 3.63) is 47.1 Å². The van der Waals surface area contributed by atoms with E-state index in [1.165, 1.54) is 11.1 Å². The van der Waals surface area contributed by atoms with Crippen molar-refractivity contribution in [3.8, 4) is 0 Å². The smallest absolute Gasteiger partial charge is 0.231 e. The molecule has 1 aromatic heterocycles. The molecular weight excluding hydrogens is 238 g/mol. The zero-order valence-electron chi connectivity index (χ0n) is 11.4. The van der Waals surface area contributed by atoms with Gasteiger partial charge in [-0.2, -0.15) is 4.98 Å². The van der Waals surface area contributed by atoms with Crippen LogP contribution < -0.4 is 5.32 Å². The van der Waals surface area contributed by atoms with Gasteiger partial charge in [-0.25, -0.2) is 0 Å². The molecule has 0 spiro atoms. The Labute approximate surface area is 113 Å². The molecule has 1 N–H and O–H groups in total. The van der Waals surface area contributed by atoms with Gasteiger partial charge in [0.15, 0.2) is 5.82 Å². The van der Waals surface area contributed by atoms with Crippen LogP contribution in [-0.2, 0) is 6.42 Å². The summed E-state index contributed by atoms with van der Waals surface area (Å²) in [5.41, 5.74) is 2.53. The highest BCUT2D eigenvalue weighted by atomic mass is 16.5. The van der Waals surface area contributed by atoms with Gasteiger partial charge in [0, 0.05) is 13.0 Å². The Balaban J connectivity index is 1.77. The fraction of sp³-hybridized carbons (Fsp3) is 0.467. The zero-order valence-corrected chi connectivity index (χ0v) is 11.4. The lowest BCUT2D eigenvalue weighted by Crippen LogP contribution is -2.08. The number of aryl methyl sites for hydroxylation is 1. The highest BCUT2D eigenvalue weighted by Gasteiger charge is 2.29. The van der Waals surface area contributed by atoms with E-state index in [9.17, 15) is 0 Å². The lowest BCUT2D eigenvalue weighted by Gasteiger charge is -2.07. The number of benzene rings is 1. The number of rotatable bonds is 3. The van der Waals surface area contributed by atoms with E-state index in [2.05, 4.69) is 41.4 Å². The average Bonchev–Trinajstić information content (AvgIpc) is 3.01. The van der Waals surface area contributed by atoms with Gasteiger partial charge in [0.2, 0.25) is 5.89 Å². The highest BCUT2D eigenvalue weighted by Crippen LogP contribution is 2.26. The van der Waals surface area contributed by atoms with Gasteiger partial charge in [0.1, 0.15) is 0 Å². The third-order valence-corrected chi connectivity index (χ3v) is 3.93. The molecule has 3 rings (SSSR count). The van der Waals surface area contributed by atoms with E-state index in [1.807, 2.05) is 12.1 Å². The normalized spacial score (nSPS) is 22.8. The summed E-state index contributed by atoms with van der Waals surface area (Å²) in [5, 5.41) is 7.48. The molecule has 1 aromatic carbocycles.